The van der Waals surface area contributed by atoms with Crippen molar-refractivity contribution in [1.29, 1.82) is 0 Å². The van der Waals surface area contributed by atoms with Crippen LogP contribution in [0.4, 0.5) is 5.69 Å². The average molecular weight is 496 g/mol. The van der Waals surface area contributed by atoms with Crippen LogP contribution in [0.25, 0.3) is 0 Å². The molecule has 0 amide bonds. The third-order valence-corrected chi connectivity index (χ3v) is 10.1. The molecule has 1 aromatic rings. The summed E-state index contributed by atoms with van der Waals surface area (Å²) in [6.07, 6.45) is 0.774. The number of nitro groups is 1. The number of hydrogen-bond donors (Lipinski definition) is 1. The summed E-state index contributed by atoms with van der Waals surface area (Å²) in [5.74, 6) is -1.21. The monoisotopic (exact) mass is 495 g/mol. The topological polar surface area (TPSA) is 124 Å². The fourth-order valence-corrected chi connectivity index (χ4v) is 8.37. The standard InChI is InChI=1S/C28H33NO7/c1-15-18-9-10-19-27(4)12-11-21(30)26(2,3)20(27)14-22(31)28(19,24(15)33)25(18)36-23(32)13-16-5-7-17(8-6-16)29(34)35/h5-8,18-20,22,25,31H,1,9-14H2,2-4H3/t18-,19-,20+,22+,25+,27-,28-/m0/s1. The number of esters is 1. The fraction of sp³-hybridized carbons (Fsp3) is 0.607. The number of non-ortho nitro benzene ring substituents is 1. The summed E-state index contributed by atoms with van der Waals surface area (Å²) < 4.78 is 6.05. The molecule has 0 heterocycles. The van der Waals surface area contributed by atoms with Crippen LogP contribution < -0.4 is 0 Å². The van der Waals surface area contributed by atoms with Gasteiger partial charge in [0.05, 0.1) is 22.9 Å². The van der Waals surface area contributed by atoms with Gasteiger partial charge in [-0.3, -0.25) is 24.5 Å². The molecule has 36 heavy (non-hydrogen) atoms. The highest BCUT2D eigenvalue weighted by Gasteiger charge is 2.75. The molecule has 1 N–H and O–H groups in total. The van der Waals surface area contributed by atoms with Crippen molar-refractivity contribution in [2.45, 2.75) is 71.5 Å². The highest BCUT2D eigenvalue weighted by atomic mass is 16.6. The Balaban J connectivity index is 1.48. The molecule has 0 unspecified atom stereocenters. The lowest BCUT2D eigenvalue weighted by atomic mass is 9.39. The Morgan fingerprint density at radius 1 is 1.17 bits per heavy atom. The first-order chi connectivity index (χ1) is 16.8. The Morgan fingerprint density at radius 2 is 1.83 bits per heavy atom. The highest BCUT2D eigenvalue weighted by molar-refractivity contribution is 6.05. The van der Waals surface area contributed by atoms with Crippen LogP contribution in [0.5, 0.6) is 0 Å². The van der Waals surface area contributed by atoms with E-state index in [4.69, 9.17) is 4.74 Å². The maximum absolute atomic E-state index is 13.9. The van der Waals surface area contributed by atoms with E-state index >= 15 is 0 Å². The summed E-state index contributed by atoms with van der Waals surface area (Å²) in [5.41, 5.74) is -1.30. The van der Waals surface area contributed by atoms with E-state index in [1.165, 1.54) is 24.3 Å². The first kappa shape index (κ1) is 24.8. The van der Waals surface area contributed by atoms with E-state index in [-0.39, 0.29) is 46.8 Å². The van der Waals surface area contributed by atoms with Gasteiger partial charge in [0, 0.05) is 29.9 Å². The SMILES string of the molecule is C=C1C(=O)[C@@]23[C@H](O)C[C@@H]4C(C)(C)C(=O)CC[C@@]4(C)[C@@H]2CC[C@@H]1[C@H]3OC(=O)Cc1ccc([N+](=O)[O-])cc1. The maximum Gasteiger partial charge on any atom is 0.310 e. The first-order valence-corrected chi connectivity index (χ1v) is 12.7. The largest absolute Gasteiger partial charge is 0.460 e. The molecule has 4 fully saturated rings. The molecule has 1 spiro atoms. The van der Waals surface area contributed by atoms with Crippen molar-refractivity contribution in [3.8, 4) is 0 Å². The third kappa shape index (κ3) is 3.19. The second kappa shape index (κ2) is 8.07. The molecule has 8 nitrogen and oxygen atoms in total. The summed E-state index contributed by atoms with van der Waals surface area (Å²) in [6, 6.07) is 5.71. The third-order valence-electron chi connectivity index (χ3n) is 10.1. The van der Waals surface area contributed by atoms with Crippen LogP contribution >= 0.6 is 0 Å². The zero-order valence-corrected chi connectivity index (χ0v) is 21.0. The van der Waals surface area contributed by atoms with Gasteiger partial charge in [-0.1, -0.05) is 39.5 Å². The van der Waals surface area contributed by atoms with Gasteiger partial charge >= 0.3 is 5.97 Å². The van der Waals surface area contributed by atoms with Crippen LogP contribution in [-0.2, 0) is 25.5 Å². The first-order valence-electron chi connectivity index (χ1n) is 12.7. The van der Waals surface area contributed by atoms with Crippen molar-refractivity contribution in [2.75, 3.05) is 0 Å². The number of ether oxygens (including phenoxy) is 1. The smallest absolute Gasteiger partial charge is 0.310 e. The fourth-order valence-electron chi connectivity index (χ4n) is 8.37. The average Bonchev–Trinajstić information content (AvgIpc) is 2.93. The van der Waals surface area contributed by atoms with Crippen LogP contribution in [-0.4, -0.2) is 39.8 Å². The lowest BCUT2D eigenvalue weighted by Gasteiger charge is -2.64. The summed E-state index contributed by atoms with van der Waals surface area (Å²) in [7, 11) is 0. The van der Waals surface area contributed by atoms with Gasteiger partial charge < -0.3 is 9.84 Å². The summed E-state index contributed by atoms with van der Waals surface area (Å²) in [4.78, 5) is 50.2. The van der Waals surface area contributed by atoms with Gasteiger partial charge in [-0.05, 0) is 54.1 Å². The number of Topliss-reactive ketones (excluding diaryl/α,β-unsaturated/α-hetero) is 2. The lowest BCUT2D eigenvalue weighted by molar-refractivity contribution is -0.384. The zero-order valence-electron chi connectivity index (χ0n) is 21.0. The molecule has 8 heteroatoms. The van der Waals surface area contributed by atoms with E-state index in [0.29, 0.717) is 43.2 Å². The van der Waals surface area contributed by atoms with Crippen LogP contribution in [0.2, 0.25) is 0 Å². The van der Waals surface area contributed by atoms with E-state index in [1.54, 1.807) is 0 Å². The van der Waals surface area contributed by atoms with Crippen LogP contribution in [0.15, 0.2) is 36.4 Å². The number of aliphatic hydroxyl groups excluding tert-OH is 1. The zero-order chi connectivity index (χ0) is 26.2. The number of carbonyl (C=O) groups excluding carboxylic acids is 3. The normalized spacial score (nSPS) is 38.8. The number of ketones is 2. The van der Waals surface area contributed by atoms with Gasteiger partial charge in [-0.2, -0.15) is 0 Å². The minimum atomic E-state index is -1.26. The number of fused-ring (bicyclic) bond motifs is 3. The number of benzene rings is 1. The summed E-state index contributed by atoms with van der Waals surface area (Å²) >= 11 is 0. The molecular formula is C28H33NO7. The van der Waals surface area contributed by atoms with Gasteiger partial charge in [0.2, 0.25) is 0 Å². The maximum atomic E-state index is 13.9. The summed E-state index contributed by atoms with van der Waals surface area (Å²) in [5, 5.41) is 22.6. The molecule has 1 aromatic carbocycles. The highest BCUT2D eigenvalue weighted by Crippen LogP contribution is 2.71. The molecular weight excluding hydrogens is 462 g/mol. The minimum absolute atomic E-state index is 0.0666. The minimum Gasteiger partial charge on any atom is -0.460 e. The second-order valence-electron chi connectivity index (χ2n) is 12.0. The van der Waals surface area contributed by atoms with E-state index in [1.807, 2.05) is 13.8 Å². The Morgan fingerprint density at radius 3 is 2.47 bits per heavy atom. The Labute approximate surface area is 210 Å². The molecule has 0 saturated heterocycles. The molecule has 4 saturated carbocycles. The van der Waals surface area contributed by atoms with Crippen molar-refractivity contribution in [3.63, 3.8) is 0 Å². The van der Waals surface area contributed by atoms with Gasteiger partial charge in [-0.15, -0.1) is 0 Å². The van der Waals surface area contributed by atoms with E-state index in [9.17, 15) is 29.6 Å². The molecule has 0 aliphatic heterocycles. The van der Waals surface area contributed by atoms with Crippen molar-refractivity contribution in [1.82, 2.24) is 0 Å². The molecule has 5 rings (SSSR count). The predicted octanol–water partition coefficient (Wildman–Crippen LogP) is 3.98. The van der Waals surface area contributed by atoms with Gasteiger partial charge in [0.25, 0.3) is 5.69 Å². The lowest BCUT2D eigenvalue weighted by Crippen LogP contribution is -2.68. The molecule has 2 bridgehead atoms. The number of aliphatic hydroxyl groups is 1. The Kier molecular flexibility index (Phi) is 5.56. The van der Waals surface area contributed by atoms with Crippen LogP contribution in [0, 0.1) is 44.1 Å². The quantitative estimate of drug-likeness (QED) is 0.290. The van der Waals surface area contributed by atoms with Crippen molar-refractivity contribution in [3.05, 3.63) is 52.1 Å². The molecule has 192 valence electrons. The van der Waals surface area contributed by atoms with E-state index in [2.05, 4.69) is 13.5 Å². The van der Waals surface area contributed by atoms with E-state index < -0.39 is 33.9 Å². The number of hydrogen-bond acceptors (Lipinski definition) is 7. The van der Waals surface area contributed by atoms with Crippen molar-refractivity contribution >= 4 is 23.2 Å². The molecule has 4 aliphatic carbocycles. The predicted molar refractivity (Wildman–Crippen MR) is 130 cm³/mol. The molecule has 7 atom stereocenters. The van der Waals surface area contributed by atoms with E-state index in [0.717, 1.165) is 0 Å². The number of nitro benzene ring substituents is 1. The Hall–Kier alpha value is -2.87. The van der Waals surface area contributed by atoms with Crippen LogP contribution in [0.1, 0.15) is 58.4 Å². The van der Waals surface area contributed by atoms with Crippen molar-refractivity contribution in [2.24, 2.45) is 34.0 Å². The molecule has 0 radical (unpaired) electrons. The van der Waals surface area contributed by atoms with Crippen molar-refractivity contribution < 1.29 is 29.2 Å². The number of carbonyl (C=O) groups is 3. The Bertz CT molecular complexity index is 1170. The molecule has 0 aromatic heterocycles. The van der Waals surface area contributed by atoms with Crippen LogP contribution in [0.3, 0.4) is 0 Å². The molecule has 4 aliphatic rings. The second-order valence-corrected chi connectivity index (χ2v) is 12.0. The van der Waals surface area contributed by atoms with Gasteiger partial charge in [0.1, 0.15) is 11.9 Å². The van der Waals surface area contributed by atoms with Gasteiger partial charge in [-0.25, -0.2) is 0 Å². The van der Waals surface area contributed by atoms with Gasteiger partial charge in [0.15, 0.2) is 5.78 Å². The summed E-state index contributed by atoms with van der Waals surface area (Å²) in [6.45, 7) is 10.1. The number of rotatable bonds is 4. The number of nitrogens with zero attached hydrogens (tertiary/aromatic N) is 1.